The highest BCUT2D eigenvalue weighted by Gasteiger charge is 2.32. The lowest BCUT2D eigenvalue weighted by Crippen LogP contribution is -2.31. The molecule has 1 saturated heterocycles. The van der Waals surface area contributed by atoms with Gasteiger partial charge in [-0.25, -0.2) is 13.1 Å². The van der Waals surface area contributed by atoms with Crippen LogP contribution in [0.4, 0.5) is 0 Å². The molecule has 2 heterocycles. The Morgan fingerprint density at radius 2 is 2.25 bits per heavy atom. The summed E-state index contributed by atoms with van der Waals surface area (Å²) in [6.07, 6.45) is 1.75. The Balaban J connectivity index is 1.84. The van der Waals surface area contributed by atoms with Crippen molar-refractivity contribution in [2.45, 2.75) is 19.5 Å². The molecule has 1 aromatic heterocycles. The molecular formula is C10H14N4O5S. The normalized spacial score (nSPS) is 20.7. The lowest BCUT2D eigenvalue weighted by Gasteiger charge is -2.07. The van der Waals surface area contributed by atoms with Gasteiger partial charge in [0.25, 0.3) is 0 Å². The Morgan fingerprint density at radius 3 is 2.85 bits per heavy atom. The third kappa shape index (κ3) is 3.76. The van der Waals surface area contributed by atoms with E-state index in [4.69, 9.17) is 5.11 Å². The average Bonchev–Trinajstić information content (AvgIpc) is 2.92. The zero-order valence-corrected chi connectivity index (χ0v) is 11.3. The largest absolute Gasteiger partial charge is 0.480 e. The van der Waals surface area contributed by atoms with Crippen molar-refractivity contribution in [2.24, 2.45) is 5.92 Å². The van der Waals surface area contributed by atoms with Crippen LogP contribution in [0.15, 0.2) is 6.20 Å². The van der Waals surface area contributed by atoms with Gasteiger partial charge in [-0.2, -0.15) is 0 Å². The molecule has 1 amide bonds. The lowest BCUT2D eigenvalue weighted by atomic mass is 10.1. The number of carbonyl (C=O) groups excluding carboxylic acids is 1. The predicted molar refractivity (Wildman–Crippen MR) is 66.3 cm³/mol. The highest BCUT2D eigenvalue weighted by Crippen LogP contribution is 2.18. The first-order valence-corrected chi connectivity index (χ1v) is 7.77. The second kappa shape index (κ2) is 5.57. The molecule has 1 unspecified atom stereocenters. The number of hydrogen-bond donors (Lipinski definition) is 2. The van der Waals surface area contributed by atoms with E-state index in [1.54, 1.807) is 0 Å². The van der Waals surface area contributed by atoms with Gasteiger partial charge in [0, 0.05) is 0 Å². The minimum Gasteiger partial charge on any atom is -0.480 e. The molecule has 9 nitrogen and oxygen atoms in total. The van der Waals surface area contributed by atoms with E-state index >= 15 is 0 Å². The summed E-state index contributed by atoms with van der Waals surface area (Å²) in [6.45, 7) is -0.211. The van der Waals surface area contributed by atoms with Crippen molar-refractivity contribution in [2.75, 3.05) is 11.5 Å². The fourth-order valence-corrected chi connectivity index (χ4v) is 3.70. The number of amides is 1. The second-order valence-corrected chi connectivity index (χ2v) is 6.85. The van der Waals surface area contributed by atoms with Crippen LogP contribution in [0.3, 0.4) is 0 Å². The van der Waals surface area contributed by atoms with Crippen LogP contribution < -0.4 is 5.32 Å². The fourth-order valence-electron chi connectivity index (χ4n) is 1.96. The molecule has 2 N–H and O–H groups in total. The van der Waals surface area contributed by atoms with Crippen LogP contribution in [0.1, 0.15) is 12.1 Å². The smallest absolute Gasteiger partial charge is 0.325 e. The van der Waals surface area contributed by atoms with Crippen LogP contribution in [0.2, 0.25) is 0 Å². The molecule has 0 aliphatic carbocycles. The number of aliphatic carboxylic acids is 1. The van der Waals surface area contributed by atoms with Crippen molar-refractivity contribution in [1.82, 2.24) is 20.3 Å². The van der Waals surface area contributed by atoms with Crippen molar-refractivity contribution in [3.8, 4) is 0 Å². The molecule has 1 atom stereocenters. The quantitative estimate of drug-likeness (QED) is 0.670. The van der Waals surface area contributed by atoms with Gasteiger partial charge in [-0.3, -0.25) is 9.59 Å². The van der Waals surface area contributed by atoms with E-state index in [-0.39, 0.29) is 30.5 Å². The molecule has 0 radical (unpaired) electrons. The first-order valence-electron chi connectivity index (χ1n) is 5.95. The van der Waals surface area contributed by atoms with Crippen LogP contribution in [0.5, 0.6) is 0 Å². The molecule has 1 aromatic rings. The predicted octanol–water partition coefficient (Wildman–Crippen LogP) is -1.59. The molecule has 20 heavy (non-hydrogen) atoms. The minimum atomic E-state index is -3.09. The van der Waals surface area contributed by atoms with E-state index in [9.17, 15) is 18.0 Å². The van der Waals surface area contributed by atoms with Crippen LogP contribution in [0.25, 0.3) is 0 Å². The number of nitrogens with zero attached hydrogens (tertiary/aromatic N) is 3. The van der Waals surface area contributed by atoms with Crippen LogP contribution >= 0.6 is 0 Å². The Bertz CT molecular complexity index is 623. The third-order valence-corrected chi connectivity index (χ3v) is 4.70. The van der Waals surface area contributed by atoms with Gasteiger partial charge in [0.2, 0.25) is 5.91 Å². The molecule has 10 heteroatoms. The highest BCUT2D eigenvalue weighted by molar-refractivity contribution is 7.91. The maximum Gasteiger partial charge on any atom is 0.325 e. The van der Waals surface area contributed by atoms with Gasteiger partial charge in [0.05, 0.1) is 30.2 Å². The summed E-state index contributed by atoms with van der Waals surface area (Å²) in [6, 6.07) is 0. The number of aromatic nitrogens is 3. The summed E-state index contributed by atoms with van der Waals surface area (Å²) >= 11 is 0. The number of carboxylic acids is 1. The van der Waals surface area contributed by atoms with Crippen molar-refractivity contribution >= 4 is 21.7 Å². The maximum absolute atomic E-state index is 11.8. The standard InChI is InChI=1S/C10H14N4O5S/c15-9(16)5-14-4-8(12-13-14)3-11-10(17)7-1-2-20(18,19)6-7/h4,7H,1-3,5-6H2,(H,11,17)(H,15,16). The van der Waals surface area contributed by atoms with Gasteiger partial charge >= 0.3 is 5.97 Å². The van der Waals surface area contributed by atoms with Gasteiger partial charge < -0.3 is 10.4 Å². The average molecular weight is 302 g/mol. The summed E-state index contributed by atoms with van der Waals surface area (Å²) in [4.78, 5) is 22.2. The molecule has 1 fully saturated rings. The second-order valence-electron chi connectivity index (χ2n) is 4.62. The van der Waals surface area contributed by atoms with E-state index < -0.39 is 21.7 Å². The monoisotopic (exact) mass is 302 g/mol. The molecule has 1 aliphatic rings. The Kier molecular flexibility index (Phi) is 4.02. The number of sulfone groups is 1. The summed E-state index contributed by atoms with van der Waals surface area (Å²) in [5.74, 6) is -1.97. The molecular weight excluding hydrogens is 288 g/mol. The SMILES string of the molecule is O=C(O)Cn1cc(CNC(=O)C2CCS(=O)(=O)C2)nn1. The van der Waals surface area contributed by atoms with Crippen molar-refractivity contribution in [3.05, 3.63) is 11.9 Å². The molecule has 1 aliphatic heterocycles. The van der Waals surface area contributed by atoms with Crippen molar-refractivity contribution in [3.63, 3.8) is 0 Å². The summed E-state index contributed by atoms with van der Waals surface area (Å²) in [7, 11) is -3.09. The number of carbonyl (C=O) groups is 2. The van der Waals surface area contributed by atoms with Gasteiger partial charge in [0.15, 0.2) is 9.84 Å². The Labute approximate surface area is 114 Å². The molecule has 0 bridgehead atoms. The molecule has 110 valence electrons. The Hall–Kier alpha value is -1.97. The molecule has 0 saturated carbocycles. The molecule has 0 aromatic carbocycles. The fraction of sp³-hybridized carbons (Fsp3) is 0.600. The zero-order chi connectivity index (χ0) is 14.8. The number of hydrogen-bond acceptors (Lipinski definition) is 6. The van der Waals surface area contributed by atoms with E-state index in [0.717, 1.165) is 4.68 Å². The van der Waals surface area contributed by atoms with Crippen LogP contribution in [0, 0.1) is 5.92 Å². The zero-order valence-electron chi connectivity index (χ0n) is 10.5. The summed E-state index contributed by atoms with van der Waals surface area (Å²) < 4.78 is 23.7. The third-order valence-electron chi connectivity index (χ3n) is 2.93. The van der Waals surface area contributed by atoms with E-state index in [1.165, 1.54) is 6.20 Å². The van der Waals surface area contributed by atoms with Gasteiger partial charge in [-0.05, 0) is 6.42 Å². The number of nitrogens with one attached hydrogen (secondary N) is 1. The van der Waals surface area contributed by atoms with Crippen molar-refractivity contribution in [1.29, 1.82) is 0 Å². The number of rotatable bonds is 5. The first-order chi connectivity index (χ1) is 9.35. The summed E-state index contributed by atoms with van der Waals surface area (Å²) in [5, 5.41) is 18.5. The lowest BCUT2D eigenvalue weighted by molar-refractivity contribution is -0.138. The minimum absolute atomic E-state index is 0.0415. The van der Waals surface area contributed by atoms with Gasteiger partial charge in [-0.15, -0.1) is 5.10 Å². The van der Waals surface area contributed by atoms with E-state index in [2.05, 4.69) is 15.6 Å². The molecule has 0 spiro atoms. The van der Waals surface area contributed by atoms with Crippen LogP contribution in [-0.2, 0) is 32.5 Å². The van der Waals surface area contributed by atoms with E-state index in [0.29, 0.717) is 12.1 Å². The van der Waals surface area contributed by atoms with Crippen LogP contribution in [-0.4, -0.2) is 51.9 Å². The maximum atomic E-state index is 11.8. The number of carboxylic acid groups (broad SMARTS) is 1. The van der Waals surface area contributed by atoms with Crippen molar-refractivity contribution < 1.29 is 23.1 Å². The molecule has 2 rings (SSSR count). The van der Waals surface area contributed by atoms with Gasteiger partial charge in [-0.1, -0.05) is 5.21 Å². The van der Waals surface area contributed by atoms with E-state index in [1.807, 2.05) is 0 Å². The highest BCUT2D eigenvalue weighted by atomic mass is 32.2. The first kappa shape index (κ1) is 14.4. The van der Waals surface area contributed by atoms with Gasteiger partial charge in [0.1, 0.15) is 12.2 Å². The topological polar surface area (TPSA) is 131 Å². The Morgan fingerprint density at radius 1 is 1.50 bits per heavy atom. The summed E-state index contributed by atoms with van der Waals surface area (Å²) in [5.41, 5.74) is 0.417.